The smallest absolute Gasteiger partial charge is 0.220 e. The fourth-order valence-corrected chi connectivity index (χ4v) is 2.19. The van der Waals surface area contributed by atoms with Gasteiger partial charge in [0.15, 0.2) is 0 Å². The summed E-state index contributed by atoms with van der Waals surface area (Å²) < 4.78 is 0. The molecule has 1 aromatic rings. The number of carbonyl (C=O) groups is 1. The van der Waals surface area contributed by atoms with Crippen LogP contribution in [-0.2, 0) is 11.2 Å². The number of hydrogen-bond acceptors (Lipinski definition) is 2. The van der Waals surface area contributed by atoms with Gasteiger partial charge in [0.05, 0.1) is 12.1 Å². The Balaban J connectivity index is 2.54. The van der Waals surface area contributed by atoms with E-state index in [4.69, 9.17) is 0 Å². The van der Waals surface area contributed by atoms with Gasteiger partial charge < -0.3 is 10.4 Å². The molecule has 0 aliphatic heterocycles. The molecule has 3 heteroatoms. The molecule has 19 heavy (non-hydrogen) atoms. The van der Waals surface area contributed by atoms with Crippen molar-refractivity contribution in [1.29, 1.82) is 0 Å². The lowest BCUT2D eigenvalue weighted by Crippen LogP contribution is -2.50. The molecule has 1 amide bonds. The molecule has 0 heterocycles. The Morgan fingerprint density at radius 1 is 1.26 bits per heavy atom. The minimum atomic E-state index is -0.456. The van der Waals surface area contributed by atoms with Crippen molar-refractivity contribution < 1.29 is 9.90 Å². The molecule has 0 radical (unpaired) electrons. The first-order valence-corrected chi connectivity index (χ1v) is 7.03. The van der Waals surface area contributed by atoms with Crippen LogP contribution in [0.3, 0.4) is 0 Å². The van der Waals surface area contributed by atoms with Gasteiger partial charge in [-0.1, -0.05) is 38.1 Å². The van der Waals surface area contributed by atoms with Crippen LogP contribution in [0.15, 0.2) is 24.3 Å². The lowest BCUT2D eigenvalue weighted by atomic mass is 9.93. The molecule has 0 saturated carbocycles. The Hall–Kier alpha value is -1.35. The number of benzene rings is 1. The molecule has 0 saturated heterocycles. The lowest BCUT2D eigenvalue weighted by Gasteiger charge is -2.30. The summed E-state index contributed by atoms with van der Waals surface area (Å²) in [5.74, 6) is 0.0148. The maximum atomic E-state index is 12.0. The van der Waals surface area contributed by atoms with Gasteiger partial charge >= 0.3 is 0 Å². The van der Waals surface area contributed by atoms with Gasteiger partial charge in [0.1, 0.15) is 0 Å². The monoisotopic (exact) mass is 263 g/mol. The normalized spacial score (nSPS) is 11.4. The van der Waals surface area contributed by atoms with Gasteiger partial charge in [-0.05, 0) is 37.3 Å². The second-order valence-electron chi connectivity index (χ2n) is 5.12. The first-order valence-electron chi connectivity index (χ1n) is 7.03. The molecular weight excluding hydrogens is 238 g/mol. The van der Waals surface area contributed by atoms with E-state index >= 15 is 0 Å². The molecule has 0 spiro atoms. The van der Waals surface area contributed by atoms with Crippen LogP contribution in [-0.4, -0.2) is 23.2 Å². The average Bonchev–Trinajstić information content (AvgIpc) is 2.44. The number of amides is 1. The number of carbonyl (C=O) groups excluding carboxylic acids is 1. The summed E-state index contributed by atoms with van der Waals surface area (Å²) in [5, 5.41) is 12.4. The summed E-state index contributed by atoms with van der Waals surface area (Å²) >= 11 is 0. The third-order valence-electron chi connectivity index (χ3n) is 3.94. The fraction of sp³-hybridized carbons (Fsp3) is 0.562. The Labute approximate surface area is 116 Å². The highest BCUT2D eigenvalue weighted by Crippen LogP contribution is 2.15. The molecule has 0 aliphatic carbocycles. The lowest BCUT2D eigenvalue weighted by molar-refractivity contribution is -0.123. The van der Waals surface area contributed by atoms with Crippen molar-refractivity contribution >= 4 is 5.91 Å². The van der Waals surface area contributed by atoms with E-state index in [0.29, 0.717) is 6.42 Å². The van der Waals surface area contributed by atoms with Gasteiger partial charge in [-0.15, -0.1) is 0 Å². The van der Waals surface area contributed by atoms with Crippen molar-refractivity contribution in [2.75, 3.05) is 6.61 Å². The number of nitrogens with one attached hydrogen (secondary N) is 1. The van der Waals surface area contributed by atoms with E-state index in [2.05, 4.69) is 24.4 Å². The van der Waals surface area contributed by atoms with E-state index in [1.54, 1.807) is 0 Å². The summed E-state index contributed by atoms with van der Waals surface area (Å²) in [6.45, 7) is 6.03. The van der Waals surface area contributed by atoms with Gasteiger partial charge in [0, 0.05) is 6.42 Å². The van der Waals surface area contributed by atoms with E-state index in [9.17, 15) is 9.90 Å². The largest absolute Gasteiger partial charge is 0.394 e. The second-order valence-corrected chi connectivity index (χ2v) is 5.12. The summed E-state index contributed by atoms with van der Waals surface area (Å²) in [4.78, 5) is 12.0. The zero-order valence-electron chi connectivity index (χ0n) is 12.2. The highest BCUT2D eigenvalue weighted by atomic mass is 16.3. The van der Waals surface area contributed by atoms with Crippen LogP contribution in [0, 0.1) is 6.92 Å². The third kappa shape index (κ3) is 4.35. The molecule has 0 aliphatic rings. The van der Waals surface area contributed by atoms with E-state index in [1.807, 2.05) is 26.0 Å². The zero-order chi connectivity index (χ0) is 14.3. The molecule has 0 aromatic heterocycles. The molecule has 1 aromatic carbocycles. The van der Waals surface area contributed by atoms with Gasteiger partial charge in [-0.25, -0.2) is 0 Å². The topological polar surface area (TPSA) is 49.3 Å². The summed E-state index contributed by atoms with van der Waals surface area (Å²) in [5.41, 5.74) is 1.97. The maximum Gasteiger partial charge on any atom is 0.220 e. The Morgan fingerprint density at radius 3 is 2.42 bits per heavy atom. The van der Waals surface area contributed by atoms with Gasteiger partial charge in [0.25, 0.3) is 0 Å². The SMILES string of the molecule is CCC(CC)(CO)NC(=O)CCc1ccccc1C. The van der Waals surface area contributed by atoms with Crippen LogP contribution in [0.1, 0.15) is 44.2 Å². The number of aliphatic hydroxyl groups is 1. The maximum absolute atomic E-state index is 12.0. The van der Waals surface area contributed by atoms with Crippen molar-refractivity contribution in [2.45, 2.75) is 52.0 Å². The number of aryl methyl sites for hydroxylation is 2. The van der Waals surface area contributed by atoms with Gasteiger partial charge in [0.2, 0.25) is 5.91 Å². The summed E-state index contributed by atoms with van der Waals surface area (Å²) in [6, 6.07) is 8.12. The predicted octanol–water partition coefficient (Wildman–Crippen LogP) is 2.59. The van der Waals surface area contributed by atoms with Crippen LogP contribution >= 0.6 is 0 Å². The van der Waals surface area contributed by atoms with Gasteiger partial charge in [-0.2, -0.15) is 0 Å². The second kappa shape index (κ2) is 7.29. The molecule has 106 valence electrons. The molecule has 0 unspecified atom stereocenters. The highest BCUT2D eigenvalue weighted by Gasteiger charge is 2.26. The molecule has 3 nitrogen and oxygen atoms in total. The molecule has 1 rings (SSSR count). The minimum absolute atomic E-state index is 0.00386. The standard InChI is InChI=1S/C16H25NO2/c1-4-16(5-2,12-18)17-15(19)11-10-14-9-7-6-8-13(14)3/h6-9,18H,4-5,10-12H2,1-3H3,(H,17,19). The van der Waals surface area contributed by atoms with E-state index in [1.165, 1.54) is 11.1 Å². The summed E-state index contributed by atoms with van der Waals surface area (Å²) in [6.07, 6.45) is 2.70. The Kier molecular flexibility index (Phi) is 6.03. The van der Waals surface area contributed by atoms with E-state index in [-0.39, 0.29) is 12.5 Å². The first kappa shape index (κ1) is 15.7. The van der Waals surface area contributed by atoms with Crippen LogP contribution in [0.25, 0.3) is 0 Å². The van der Waals surface area contributed by atoms with Crippen molar-refractivity contribution in [1.82, 2.24) is 5.32 Å². The van der Waals surface area contributed by atoms with Crippen LogP contribution in [0.5, 0.6) is 0 Å². The van der Waals surface area contributed by atoms with Crippen LogP contribution < -0.4 is 5.32 Å². The molecule has 2 N–H and O–H groups in total. The van der Waals surface area contributed by atoms with Crippen molar-refractivity contribution in [2.24, 2.45) is 0 Å². The zero-order valence-corrected chi connectivity index (χ0v) is 12.2. The van der Waals surface area contributed by atoms with Crippen LogP contribution in [0.4, 0.5) is 0 Å². The van der Waals surface area contributed by atoms with Crippen LogP contribution in [0.2, 0.25) is 0 Å². The fourth-order valence-electron chi connectivity index (χ4n) is 2.19. The van der Waals surface area contributed by atoms with Crippen molar-refractivity contribution in [3.05, 3.63) is 35.4 Å². The molecule has 0 bridgehead atoms. The molecule has 0 fully saturated rings. The number of rotatable bonds is 7. The average molecular weight is 263 g/mol. The number of aliphatic hydroxyl groups excluding tert-OH is 1. The number of hydrogen-bond donors (Lipinski definition) is 2. The predicted molar refractivity (Wildman–Crippen MR) is 78.0 cm³/mol. The quantitative estimate of drug-likeness (QED) is 0.794. The molecular formula is C16H25NO2. The first-order chi connectivity index (χ1) is 9.06. The van der Waals surface area contributed by atoms with Crippen molar-refractivity contribution in [3.63, 3.8) is 0 Å². The molecule has 0 atom stereocenters. The third-order valence-corrected chi connectivity index (χ3v) is 3.94. The highest BCUT2D eigenvalue weighted by molar-refractivity contribution is 5.77. The minimum Gasteiger partial charge on any atom is -0.394 e. The van der Waals surface area contributed by atoms with E-state index < -0.39 is 5.54 Å². The summed E-state index contributed by atoms with van der Waals surface area (Å²) in [7, 11) is 0. The van der Waals surface area contributed by atoms with Crippen molar-refractivity contribution in [3.8, 4) is 0 Å². The van der Waals surface area contributed by atoms with Gasteiger partial charge in [-0.3, -0.25) is 4.79 Å². The Morgan fingerprint density at radius 2 is 1.89 bits per heavy atom. The van der Waals surface area contributed by atoms with E-state index in [0.717, 1.165) is 19.3 Å². The Bertz CT molecular complexity index is 403.